The minimum absolute atomic E-state index is 0.203. The minimum atomic E-state index is -0.203. The molecule has 0 aromatic carbocycles. The molecule has 1 unspecified atom stereocenters. The summed E-state index contributed by atoms with van der Waals surface area (Å²) in [5, 5.41) is 3.50. The van der Waals surface area contributed by atoms with Crippen molar-refractivity contribution < 1.29 is 4.79 Å². The summed E-state index contributed by atoms with van der Waals surface area (Å²) in [5.41, 5.74) is 0.913. The van der Waals surface area contributed by atoms with Gasteiger partial charge in [0.1, 0.15) is 0 Å². The van der Waals surface area contributed by atoms with Gasteiger partial charge in [-0.1, -0.05) is 25.8 Å². The molecular weight excluding hydrogens is 210 g/mol. The van der Waals surface area contributed by atoms with Crippen molar-refractivity contribution in [3.63, 3.8) is 0 Å². The first kappa shape index (κ1) is 12.8. The van der Waals surface area contributed by atoms with E-state index in [1.165, 1.54) is 19.3 Å². The van der Waals surface area contributed by atoms with E-state index >= 15 is 0 Å². The van der Waals surface area contributed by atoms with E-state index in [0.29, 0.717) is 5.78 Å². The van der Waals surface area contributed by atoms with Crippen LogP contribution in [0.5, 0.6) is 0 Å². The Morgan fingerprint density at radius 1 is 1.35 bits per heavy atom. The zero-order valence-corrected chi connectivity index (χ0v) is 11.1. The third kappa shape index (κ3) is 2.79. The molecule has 2 rings (SSSR count). The van der Waals surface area contributed by atoms with Crippen LogP contribution in [0.3, 0.4) is 0 Å². The summed E-state index contributed by atoms with van der Waals surface area (Å²) < 4.78 is 0. The third-order valence-electron chi connectivity index (χ3n) is 4.19. The lowest BCUT2D eigenvalue weighted by molar-refractivity contribution is -0.121. The first-order valence-corrected chi connectivity index (χ1v) is 7.27. The van der Waals surface area contributed by atoms with Gasteiger partial charge in [-0.2, -0.15) is 0 Å². The summed E-state index contributed by atoms with van der Waals surface area (Å²) in [4.78, 5) is 12.7. The van der Waals surface area contributed by atoms with Gasteiger partial charge >= 0.3 is 0 Å². The van der Waals surface area contributed by atoms with Crippen molar-refractivity contribution in [2.45, 2.75) is 70.3 Å². The van der Waals surface area contributed by atoms with Gasteiger partial charge in [0.05, 0.1) is 5.54 Å². The van der Waals surface area contributed by atoms with Gasteiger partial charge in [0.25, 0.3) is 0 Å². The predicted molar refractivity (Wildman–Crippen MR) is 71.1 cm³/mol. The molecule has 2 heteroatoms. The van der Waals surface area contributed by atoms with Gasteiger partial charge in [-0.15, -0.1) is 0 Å². The Morgan fingerprint density at radius 3 is 2.94 bits per heavy atom. The highest BCUT2D eigenvalue weighted by Gasteiger charge is 2.40. The Kier molecular flexibility index (Phi) is 4.38. The summed E-state index contributed by atoms with van der Waals surface area (Å²) in [6, 6.07) is 0. The van der Waals surface area contributed by atoms with Gasteiger partial charge < -0.3 is 5.32 Å². The third-order valence-corrected chi connectivity index (χ3v) is 4.19. The van der Waals surface area contributed by atoms with Crippen LogP contribution < -0.4 is 5.32 Å². The molecule has 0 spiro atoms. The van der Waals surface area contributed by atoms with E-state index in [-0.39, 0.29) is 5.54 Å². The van der Waals surface area contributed by atoms with Crippen LogP contribution in [0, 0.1) is 0 Å². The number of nitrogens with one attached hydrogen (secondary N) is 1. The first-order valence-electron chi connectivity index (χ1n) is 7.27. The molecule has 1 saturated heterocycles. The van der Waals surface area contributed by atoms with Gasteiger partial charge in [0.15, 0.2) is 5.78 Å². The monoisotopic (exact) mass is 235 g/mol. The summed E-state index contributed by atoms with van der Waals surface area (Å²) >= 11 is 0. The molecule has 1 N–H and O–H groups in total. The summed E-state index contributed by atoms with van der Waals surface area (Å²) in [5.74, 6) is 0.416. The van der Waals surface area contributed by atoms with Crippen LogP contribution in [0.15, 0.2) is 11.6 Å². The number of Topliss-reactive ketones (excluding diaryl/α,β-unsaturated/α-hetero) is 1. The van der Waals surface area contributed by atoms with Crippen LogP contribution in [-0.2, 0) is 4.79 Å². The van der Waals surface area contributed by atoms with Gasteiger partial charge in [0.2, 0.25) is 0 Å². The number of carbonyl (C=O) groups excluding carboxylic acids is 1. The van der Waals surface area contributed by atoms with Crippen molar-refractivity contribution in [2.24, 2.45) is 0 Å². The Labute approximate surface area is 105 Å². The second-order valence-electron chi connectivity index (χ2n) is 5.52. The van der Waals surface area contributed by atoms with E-state index in [2.05, 4.69) is 18.3 Å². The van der Waals surface area contributed by atoms with Crippen LogP contribution in [0.4, 0.5) is 0 Å². The molecule has 1 aliphatic carbocycles. The van der Waals surface area contributed by atoms with Gasteiger partial charge in [-0.25, -0.2) is 0 Å². The van der Waals surface area contributed by atoms with Crippen molar-refractivity contribution in [1.29, 1.82) is 0 Å². The zero-order valence-electron chi connectivity index (χ0n) is 11.1. The molecule has 96 valence electrons. The molecular formula is C15H25NO. The maximum Gasteiger partial charge on any atom is 0.178 e. The first-order chi connectivity index (χ1) is 8.28. The molecule has 0 aromatic rings. The Balaban J connectivity index is 2.12. The number of hydrogen-bond acceptors (Lipinski definition) is 2. The van der Waals surface area contributed by atoms with Crippen LogP contribution in [0.25, 0.3) is 0 Å². The smallest absolute Gasteiger partial charge is 0.178 e. The predicted octanol–water partition coefficient (Wildman–Crippen LogP) is 3.37. The van der Waals surface area contributed by atoms with Gasteiger partial charge in [-0.05, 0) is 57.1 Å². The molecule has 0 radical (unpaired) electrons. The summed E-state index contributed by atoms with van der Waals surface area (Å²) in [6.07, 6.45) is 12.3. The highest BCUT2D eigenvalue weighted by atomic mass is 16.1. The van der Waals surface area contributed by atoms with Crippen molar-refractivity contribution in [3.05, 3.63) is 11.6 Å². The molecule has 2 nitrogen and oxygen atoms in total. The molecule has 17 heavy (non-hydrogen) atoms. The molecule has 0 aromatic heterocycles. The normalized spacial score (nSPS) is 29.8. The van der Waals surface area contributed by atoms with Crippen LogP contribution >= 0.6 is 0 Å². The summed E-state index contributed by atoms with van der Waals surface area (Å²) in [7, 11) is 0. The second-order valence-corrected chi connectivity index (χ2v) is 5.52. The number of hydrogen-bond donors (Lipinski definition) is 1. The molecule has 1 heterocycles. The second kappa shape index (κ2) is 5.81. The van der Waals surface area contributed by atoms with E-state index < -0.39 is 0 Å². The van der Waals surface area contributed by atoms with Crippen molar-refractivity contribution in [3.8, 4) is 0 Å². The fraction of sp³-hybridized carbons (Fsp3) is 0.800. The standard InChI is InChI=1S/C15H25NO/c1-2-10-15(11-7-12-16-15)14(17)13-8-5-3-4-6-9-13/h8,16H,2-7,9-12H2,1H3. The molecule has 1 atom stereocenters. The van der Waals surface area contributed by atoms with E-state index in [1.807, 2.05) is 0 Å². The number of rotatable bonds is 4. The van der Waals surface area contributed by atoms with E-state index in [9.17, 15) is 4.79 Å². The van der Waals surface area contributed by atoms with E-state index in [0.717, 1.165) is 50.6 Å². The topological polar surface area (TPSA) is 29.1 Å². The number of allylic oxidation sites excluding steroid dienone is 1. The van der Waals surface area contributed by atoms with Gasteiger partial charge in [0, 0.05) is 0 Å². The van der Waals surface area contributed by atoms with Crippen molar-refractivity contribution >= 4 is 5.78 Å². The molecule has 0 amide bonds. The van der Waals surface area contributed by atoms with Crippen LogP contribution in [0.2, 0.25) is 0 Å². The van der Waals surface area contributed by atoms with Crippen molar-refractivity contribution in [1.82, 2.24) is 5.32 Å². The maximum atomic E-state index is 12.7. The van der Waals surface area contributed by atoms with E-state index in [1.54, 1.807) is 0 Å². The average molecular weight is 235 g/mol. The molecule has 2 aliphatic rings. The molecule has 1 fully saturated rings. The minimum Gasteiger partial charge on any atom is -0.305 e. The fourth-order valence-corrected chi connectivity index (χ4v) is 3.28. The fourth-order valence-electron chi connectivity index (χ4n) is 3.28. The average Bonchev–Trinajstić information content (AvgIpc) is 2.65. The summed E-state index contributed by atoms with van der Waals surface area (Å²) in [6.45, 7) is 3.19. The van der Waals surface area contributed by atoms with Crippen LogP contribution in [0.1, 0.15) is 64.7 Å². The van der Waals surface area contributed by atoms with Crippen molar-refractivity contribution in [2.75, 3.05) is 6.54 Å². The molecule has 0 saturated carbocycles. The highest BCUT2D eigenvalue weighted by Crippen LogP contribution is 2.31. The maximum absolute atomic E-state index is 12.7. The molecule has 1 aliphatic heterocycles. The zero-order chi connectivity index (χ0) is 12.1. The lowest BCUT2D eigenvalue weighted by atomic mass is 9.82. The number of ketones is 1. The number of carbonyl (C=O) groups is 1. The van der Waals surface area contributed by atoms with E-state index in [4.69, 9.17) is 0 Å². The van der Waals surface area contributed by atoms with Gasteiger partial charge in [-0.3, -0.25) is 4.79 Å². The Bertz CT molecular complexity index is 300. The quantitative estimate of drug-likeness (QED) is 0.809. The lowest BCUT2D eigenvalue weighted by Crippen LogP contribution is -2.48. The van der Waals surface area contributed by atoms with Crippen LogP contribution in [-0.4, -0.2) is 17.9 Å². The molecule has 0 bridgehead atoms. The Morgan fingerprint density at radius 2 is 2.24 bits per heavy atom. The highest BCUT2D eigenvalue weighted by molar-refractivity contribution is 6.02. The lowest BCUT2D eigenvalue weighted by Gasteiger charge is -2.28. The largest absolute Gasteiger partial charge is 0.305 e. The SMILES string of the molecule is CCCC1(C(=O)C2=CCCCCC2)CCCN1. The Hall–Kier alpha value is -0.630.